The summed E-state index contributed by atoms with van der Waals surface area (Å²) in [7, 11) is 1.64. The van der Waals surface area contributed by atoms with Crippen LogP contribution in [-0.4, -0.2) is 31.2 Å². The van der Waals surface area contributed by atoms with E-state index in [4.69, 9.17) is 9.47 Å². The molecule has 0 aliphatic carbocycles. The summed E-state index contributed by atoms with van der Waals surface area (Å²) in [6, 6.07) is 15.7. The van der Waals surface area contributed by atoms with Gasteiger partial charge in [0.25, 0.3) is 0 Å². The minimum Gasteiger partial charge on any atom is -0.497 e. The van der Waals surface area contributed by atoms with Crippen LogP contribution in [0, 0.1) is 0 Å². The summed E-state index contributed by atoms with van der Waals surface area (Å²) in [5, 5.41) is 3.66. The molecular weight excluding hydrogens is 348 g/mol. The van der Waals surface area contributed by atoms with Gasteiger partial charge in [0.15, 0.2) is 5.13 Å². The number of carbonyl (C=O) groups excluding carboxylic acids is 1. The molecule has 1 aliphatic heterocycles. The average Bonchev–Trinajstić information content (AvgIpc) is 3.10. The molecule has 1 saturated heterocycles. The normalized spacial score (nSPS) is 16.3. The van der Waals surface area contributed by atoms with Gasteiger partial charge in [-0.1, -0.05) is 41.7 Å². The zero-order chi connectivity index (χ0) is 18.0. The van der Waals surface area contributed by atoms with Crippen LogP contribution in [0.15, 0.2) is 48.5 Å². The van der Waals surface area contributed by atoms with Gasteiger partial charge in [0.05, 0.1) is 22.7 Å². The van der Waals surface area contributed by atoms with Crippen molar-refractivity contribution in [2.45, 2.75) is 18.3 Å². The number of ether oxygens (including phenoxy) is 2. The molecule has 0 radical (unpaired) electrons. The molecule has 0 unspecified atom stereocenters. The first kappa shape index (κ1) is 17.0. The molecule has 26 heavy (non-hydrogen) atoms. The highest BCUT2D eigenvalue weighted by molar-refractivity contribution is 7.22. The summed E-state index contributed by atoms with van der Waals surface area (Å²) in [6.45, 7) is 1.17. The fraction of sp³-hybridized carbons (Fsp3) is 0.300. The monoisotopic (exact) mass is 368 g/mol. The Hall–Kier alpha value is -2.44. The number of benzene rings is 2. The number of amides is 1. The van der Waals surface area contributed by atoms with Crippen molar-refractivity contribution >= 4 is 32.6 Å². The molecule has 6 heteroatoms. The Balaban J connectivity index is 1.64. The van der Waals surface area contributed by atoms with Gasteiger partial charge in [-0.05, 0) is 36.6 Å². The number of hydrogen-bond donors (Lipinski definition) is 1. The molecule has 1 N–H and O–H groups in total. The van der Waals surface area contributed by atoms with Crippen LogP contribution in [0.2, 0.25) is 0 Å². The molecule has 2 aromatic carbocycles. The van der Waals surface area contributed by atoms with Crippen LogP contribution >= 0.6 is 11.3 Å². The Morgan fingerprint density at radius 2 is 1.96 bits per heavy atom. The van der Waals surface area contributed by atoms with E-state index >= 15 is 0 Å². The van der Waals surface area contributed by atoms with Gasteiger partial charge in [0.2, 0.25) is 5.91 Å². The Morgan fingerprint density at radius 1 is 1.19 bits per heavy atom. The first-order chi connectivity index (χ1) is 12.7. The molecule has 0 bridgehead atoms. The molecule has 1 aliphatic rings. The molecule has 0 spiro atoms. The van der Waals surface area contributed by atoms with E-state index in [0.29, 0.717) is 31.2 Å². The number of fused-ring (bicyclic) bond motifs is 1. The minimum atomic E-state index is -0.574. The molecule has 3 aromatic rings. The SMILES string of the molecule is COc1ccc2nc(NC(=O)C3(c4ccccc4)CCOCC3)sc2c1. The summed E-state index contributed by atoms with van der Waals surface area (Å²) < 4.78 is 11.8. The minimum absolute atomic E-state index is 0.0157. The highest BCUT2D eigenvalue weighted by Gasteiger charge is 2.42. The van der Waals surface area contributed by atoms with Gasteiger partial charge in [-0.25, -0.2) is 4.98 Å². The molecule has 5 nitrogen and oxygen atoms in total. The lowest BCUT2D eigenvalue weighted by Crippen LogP contribution is -2.44. The van der Waals surface area contributed by atoms with Crippen molar-refractivity contribution in [3.8, 4) is 5.75 Å². The van der Waals surface area contributed by atoms with E-state index in [9.17, 15) is 4.79 Å². The third-order valence-corrected chi connectivity index (χ3v) is 5.86. The Labute approximate surface area is 156 Å². The number of thiazole rings is 1. The van der Waals surface area contributed by atoms with E-state index < -0.39 is 5.41 Å². The van der Waals surface area contributed by atoms with Gasteiger partial charge in [0.1, 0.15) is 5.75 Å². The standard InChI is InChI=1S/C20H20N2O3S/c1-24-15-7-8-16-17(13-15)26-19(21-16)22-18(23)20(9-11-25-12-10-20)14-5-3-2-4-6-14/h2-8,13H,9-12H2,1H3,(H,21,22,23). The predicted octanol–water partition coefficient (Wildman–Crippen LogP) is 3.99. The summed E-state index contributed by atoms with van der Waals surface area (Å²) >= 11 is 1.46. The van der Waals surface area contributed by atoms with Crippen LogP contribution in [0.3, 0.4) is 0 Å². The van der Waals surface area contributed by atoms with Crippen molar-refractivity contribution in [2.75, 3.05) is 25.6 Å². The number of hydrogen-bond acceptors (Lipinski definition) is 5. The second kappa shape index (κ2) is 7.05. The molecule has 134 valence electrons. The quantitative estimate of drug-likeness (QED) is 0.756. The zero-order valence-corrected chi connectivity index (χ0v) is 15.3. The van der Waals surface area contributed by atoms with E-state index in [1.807, 2.05) is 48.5 Å². The maximum atomic E-state index is 13.3. The average molecular weight is 368 g/mol. The van der Waals surface area contributed by atoms with E-state index in [1.54, 1.807) is 7.11 Å². The molecule has 2 heterocycles. The number of nitrogens with zero attached hydrogens (tertiary/aromatic N) is 1. The third-order valence-electron chi connectivity index (χ3n) is 4.92. The summed E-state index contributed by atoms with van der Waals surface area (Å²) in [5.74, 6) is 0.766. The van der Waals surface area contributed by atoms with Gasteiger partial charge in [-0.3, -0.25) is 4.79 Å². The number of aromatic nitrogens is 1. The topological polar surface area (TPSA) is 60.5 Å². The first-order valence-electron chi connectivity index (χ1n) is 8.61. The highest BCUT2D eigenvalue weighted by Crippen LogP contribution is 2.37. The number of methoxy groups -OCH3 is 1. The molecule has 0 atom stereocenters. The summed E-state index contributed by atoms with van der Waals surface area (Å²) in [5.41, 5.74) is 1.31. The molecule has 1 aromatic heterocycles. The number of carbonyl (C=O) groups is 1. The van der Waals surface area contributed by atoms with E-state index in [0.717, 1.165) is 21.5 Å². The lowest BCUT2D eigenvalue weighted by molar-refractivity contribution is -0.125. The van der Waals surface area contributed by atoms with Crippen molar-refractivity contribution in [3.63, 3.8) is 0 Å². The van der Waals surface area contributed by atoms with Crippen molar-refractivity contribution in [2.24, 2.45) is 0 Å². The van der Waals surface area contributed by atoms with Gasteiger partial charge in [-0.15, -0.1) is 0 Å². The fourth-order valence-corrected chi connectivity index (χ4v) is 4.32. The summed E-state index contributed by atoms with van der Waals surface area (Å²) in [6.07, 6.45) is 1.34. The van der Waals surface area contributed by atoms with Crippen LogP contribution in [0.4, 0.5) is 5.13 Å². The first-order valence-corrected chi connectivity index (χ1v) is 9.42. The summed E-state index contributed by atoms with van der Waals surface area (Å²) in [4.78, 5) is 17.8. The zero-order valence-electron chi connectivity index (χ0n) is 14.5. The van der Waals surface area contributed by atoms with Crippen molar-refractivity contribution < 1.29 is 14.3 Å². The highest BCUT2D eigenvalue weighted by atomic mass is 32.1. The lowest BCUT2D eigenvalue weighted by Gasteiger charge is -2.35. The van der Waals surface area contributed by atoms with Gasteiger partial charge >= 0.3 is 0 Å². The predicted molar refractivity (Wildman–Crippen MR) is 103 cm³/mol. The molecule has 1 amide bonds. The Kier molecular flexibility index (Phi) is 4.61. The number of nitrogens with one attached hydrogen (secondary N) is 1. The smallest absolute Gasteiger partial charge is 0.236 e. The van der Waals surface area contributed by atoms with Crippen LogP contribution in [0.25, 0.3) is 10.2 Å². The third kappa shape index (κ3) is 3.06. The molecule has 0 saturated carbocycles. The van der Waals surface area contributed by atoms with Crippen LogP contribution < -0.4 is 10.1 Å². The molecule has 4 rings (SSSR count). The maximum absolute atomic E-state index is 13.3. The van der Waals surface area contributed by atoms with Crippen molar-refractivity contribution in [1.82, 2.24) is 4.98 Å². The number of rotatable bonds is 4. The van der Waals surface area contributed by atoms with Gasteiger partial charge in [0, 0.05) is 13.2 Å². The lowest BCUT2D eigenvalue weighted by atomic mass is 9.73. The number of anilines is 1. The van der Waals surface area contributed by atoms with Crippen molar-refractivity contribution in [1.29, 1.82) is 0 Å². The van der Waals surface area contributed by atoms with Crippen LogP contribution in [0.5, 0.6) is 5.75 Å². The van der Waals surface area contributed by atoms with E-state index in [-0.39, 0.29) is 5.91 Å². The molecule has 1 fully saturated rings. The molecular formula is C20H20N2O3S. The second-order valence-electron chi connectivity index (χ2n) is 6.37. The Bertz CT molecular complexity index is 917. The van der Waals surface area contributed by atoms with Crippen molar-refractivity contribution in [3.05, 3.63) is 54.1 Å². The van der Waals surface area contributed by atoms with Gasteiger partial charge < -0.3 is 14.8 Å². The van der Waals surface area contributed by atoms with Crippen LogP contribution in [-0.2, 0) is 14.9 Å². The second-order valence-corrected chi connectivity index (χ2v) is 7.40. The largest absolute Gasteiger partial charge is 0.497 e. The van der Waals surface area contributed by atoms with Crippen LogP contribution in [0.1, 0.15) is 18.4 Å². The maximum Gasteiger partial charge on any atom is 0.236 e. The van der Waals surface area contributed by atoms with E-state index in [2.05, 4.69) is 10.3 Å². The van der Waals surface area contributed by atoms with E-state index in [1.165, 1.54) is 11.3 Å². The van der Waals surface area contributed by atoms with Gasteiger partial charge in [-0.2, -0.15) is 0 Å². The Morgan fingerprint density at radius 3 is 2.69 bits per heavy atom. The fourth-order valence-electron chi connectivity index (χ4n) is 3.43.